The van der Waals surface area contributed by atoms with Crippen molar-refractivity contribution in [3.63, 3.8) is 0 Å². The second kappa shape index (κ2) is 6.85. The molecule has 130 valence electrons. The molecule has 0 unspecified atom stereocenters. The largest absolute Gasteiger partial charge is 0.373 e. The summed E-state index contributed by atoms with van der Waals surface area (Å²) in [5, 5.41) is 4.39. The van der Waals surface area contributed by atoms with Gasteiger partial charge in [0.1, 0.15) is 5.65 Å². The normalized spacial score (nSPS) is 12.3. The highest BCUT2D eigenvalue weighted by molar-refractivity contribution is 6.30. The Morgan fingerprint density at radius 2 is 1.65 bits per heavy atom. The third-order valence-corrected chi connectivity index (χ3v) is 4.88. The number of fused-ring (bicyclic) bond motifs is 1. The minimum Gasteiger partial charge on any atom is -0.373 e. The van der Waals surface area contributed by atoms with Crippen molar-refractivity contribution in [2.45, 2.75) is 19.9 Å². The Morgan fingerprint density at radius 1 is 0.923 bits per heavy atom. The van der Waals surface area contributed by atoms with E-state index in [4.69, 9.17) is 16.6 Å². The minimum absolute atomic E-state index is 0.0193. The van der Waals surface area contributed by atoms with Crippen LogP contribution in [0.4, 0.5) is 5.69 Å². The van der Waals surface area contributed by atoms with Crippen LogP contribution in [0.25, 0.3) is 5.65 Å². The van der Waals surface area contributed by atoms with Gasteiger partial charge >= 0.3 is 0 Å². The molecule has 0 amide bonds. The molecule has 0 saturated carbocycles. The number of nitrogens with zero attached hydrogens (tertiary/aromatic N) is 2. The first-order valence-corrected chi connectivity index (χ1v) is 9.02. The van der Waals surface area contributed by atoms with E-state index in [1.165, 1.54) is 11.1 Å². The summed E-state index contributed by atoms with van der Waals surface area (Å²) in [4.78, 5) is 4.82. The molecule has 2 aromatic carbocycles. The van der Waals surface area contributed by atoms with Crippen molar-refractivity contribution < 1.29 is 0 Å². The number of aryl methyl sites for hydroxylation is 2. The molecule has 4 aromatic rings. The van der Waals surface area contributed by atoms with Crippen molar-refractivity contribution in [1.82, 2.24) is 9.38 Å². The van der Waals surface area contributed by atoms with Gasteiger partial charge in [0.25, 0.3) is 0 Å². The lowest BCUT2D eigenvalue weighted by Gasteiger charge is -2.21. The Kier molecular flexibility index (Phi) is 4.39. The smallest absolute Gasteiger partial charge is 0.140 e. The van der Waals surface area contributed by atoms with Gasteiger partial charge in [0.05, 0.1) is 17.4 Å². The molecule has 4 heteroatoms. The molecule has 2 heterocycles. The predicted octanol–water partition coefficient (Wildman–Crippen LogP) is 5.81. The topological polar surface area (TPSA) is 29.3 Å². The van der Waals surface area contributed by atoms with Gasteiger partial charge in [0, 0.05) is 16.9 Å². The molecule has 0 saturated heterocycles. The maximum absolute atomic E-state index is 6.04. The summed E-state index contributed by atoms with van der Waals surface area (Å²) >= 11 is 6.04. The highest BCUT2D eigenvalue weighted by Gasteiger charge is 2.22. The highest BCUT2D eigenvalue weighted by Crippen LogP contribution is 2.30. The van der Waals surface area contributed by atoms with Gasteiger partial charge in [-0.05, 0) is 55.3 Å². The van der Waals surface area contributed by atoms with Crippen molar-refractivity contribution in [2.75, 3.05) is 5.32 Å². The summed E-state index contributed by atoms with van der Waals surface area (Å²) < 4.78 is 2.19. The van der Waals surface area contributed by atoms with Crippen LogP contribution in [0.3, 0.4) is 0 Å². The quantitative estimate of drug-likeness (QED) is 0.497. The summed E-state index contributed by atoms with van der Waals surface area (Å²) in [6.07, 6.45) is 2.08. The number of hydrogen-bond donors (Lipinski definition) is 1. The number of benzene rings is 2. The van der Waals surface area contributed by atoms with E-state index in [2.05, 4.69) is 66.2 Å². The van der Waals surface area contributed by atoms with E-state index in [0.29, 0.717) is 0 Å². The van der Waals surface area contributed by atoms with Gasteiger partial charge in [0.2, 0.25) is 0 Å². The van der Waals surface area contributed by atoms with E-state index in [1.807, 2.05) is 30.3 Å². The zero-order valence-corrected chi connectivity index (χ0v) is 15.5. The number of aromatic nitrogens is 2. The average Bonchev–Trinajstić information content (AvgIpc) is 2.99. The molecule has 1 N–H and O–H groups in total. The zero-order chi connectivity index (χ0) is 18.1. The number of imidazole rings is 1. The maximum atomic E-state index is 6.04. The van der Waals surface area contributed by atoms with Crippen molar-refractivity contribution >= 4 is 22.9 Å². The molecular formula is C22H20ClN3. The Bertz CT molecular complexity index is 1040. The van der Waals surface area contributed by atoms with Crippen molar-refractivity contribution in [3.8, 4) is 0 Å². The Labute approximate surface area is 158 Å². The van der Waals surface area contributed by atoms with E-state index >= 15 is 0 Å². The second-order valence-corrected chi connectivity index (χ2v) is 6.90. The van der Waals surface area contributed by atoms with Crippen LogP contribution in [-0.4, -0.2) is 9.38 Å². The molecule has 0 aliphatic heterocycles. The fraction of sp³-hybridized carbons (Fsp3) is 0.136. The van der Waals surface area contributed by atoms with Gasteiger partial charge in [-0.15, -0.1) is 0 Å². The maximum Gasteiger partial charge on any atom is 0.140 e. The van der Waals surface area contributed by atoms with Crippen LogP contribution in [0.15, 0.2) is 72.9 Å². The number of hydrogen-bond acceptors (Lipinski definition) is 2. The predicted molar refractivity (Wildman–Crippen MR) is 108 cm³/mol. The molecule has 1 atom stereocenters. The standard InChI is InChI=1S/C22H20ClN3/c1-15-7-6-14-26-21(16(2)24-22(15)26)20(17-8-4-3-5-9-17)25-19-12-10-18(23)11-13-19/h3-14,20,25H,1-2H3/t20-/m0/s1. The lowest BCUT2D eigenvalue weighted by molar-refractivity contribution is 0.856. The zero-order valence-electron chi connectivity index (χ0n) is 14.8. The molecule has 0 spiro atoms. The highest BCUT2D eigenvalue weighted by atomic mass is 35.5. The average molecular weight is 362 g/mol. The molecule has 0 aliphatic carbocycles. The van der Waals surface area contributed by atoms with E-state index in [0.717, 1.165) is 27.7 Å². The molecule has 4 rings (SSSR count). The van der Waals surface area contributed by atoms with Crippen LogP contribution in [0, 0.1) is 13.8 Å². The fourth-order valence-corrected chi connectivity index (χ4v) is 3.48. The first kappa shape index (κ1) is 16.7. The molecule has 0 bridgehead atoms. The fourth-order valence-electron chi connectivity index (χ4n) is 3.35. The molecular weight excluding hydrogens is 342 g/mol. The number of anilines is 1. The van der Waals surface area contributed by atoms with E-state index in [9.17, 15) is 0 Å². The summed E-state index contributed by atoms with van der Waals surface area (Å²) in [6.45, 7) is 4.16. The summed E-state index contributed by atoms with van der Waals surface area (Å²) in [7, 11) is 0. The van der Waals surface area contributed by atoms with Crippen LogP contribution in [0.5, 0.6) is 0 Å². The van der Waals surface area contributed by atoms with Crippen molar-refractivity contribution in [3.05, 3.63) is 100 Å². The second-order valence-electron chi connectivity index (χ2n) is 6.46. The van der Waals surface area contributed by atoms with Crippen LogP contribution in [-0.2, 0) is 0 Å². The van der Waals surface area contributed by atoms with E-state index < -0.39 is 0 Å². The van der Waals surface area contributed by atoms with Gasteiger partial charge < -0.3 is 9.72 Å². The summed E-state index contributed by atoms with van der Waals surface area (Å²) in [6, 6.07) is 22.4. The molecule has 26 heavy (non-hydrogen) atoms. The molecule has 2 aromatic heterocycles. The van der Waals surface area contributed by atoms with Crippen molar-refractivity contribution in [1.29, 1.82) is 0 Å². The molecule has 3 nitrogen and oxygen atoms in total. The molecule has 0 aliphatic rings. The Hall–Kier alpha value is -2.78. The minimum atomic E-state index is -0.0193. The van der Waals surface area contributed by atoms with Crippen molar-refractivity contribution in [2.24, 2.45) is 0 Å². The third kappa shape index (κ3) is 3.06. The lowest BCUT2D eigenvalue weighted by Crippen LogP contribution is -2.15. The lowest BCUT2D eigenvalue weighted by atomic mass is 10.0. The molecule has 0 fully saturated rings. The van der Waals surface area contributed by atoms with Gasteiger partial charge in [-0.2, -0.15) is 0 Å². The first-order chi connectivity index (χ1) is 12.6. The monoisotopic (exact) mass is 361 g/mol. The first-order valence-electron chi connectivity index (χ1n) is 8.65. The van der Waals surface area contributed by atoms with Crippen LogP contribution < -0.4 is 5.32 Å². The van der Waals surface area contributed by atoms with Crippen LogP contribution in [0.1, 0.15) is 28.6 Å². The number of halogens is 1. The number of rotatable bonds is 4. The number of nitrogens with one attached hydrogen (secondary N) is 1. The number of pyridine rings is 1. The van der Waals surface area contributed by atoms with Crippen LogP contribution in [0.2, 0.25) is 5.02 Å². The van der Waals surface area contributed by atoms with Gasteiger partial charge in [-0.1, -0.05) is 48.0 Å². The van der Waals surface area contributed by atoms with Gasteiger partial charge in [-0.25, -0.2) is 4.98 Å². The van der Waals surface area contributed by atoms with Gasteiger partial charge in [-0.3, -0.25) is 0 Å². The van der Waals surface area contributed by atoms with E-state index in [1.54, 1.807) is 0 Å². The summed E-state index contributed by atoms with van der Waals surface area (Å²) in [5.74, 6) is 0. The van der Waals surface area contributed by atoms with Gasteiger partial charge in [0.15, 0.2) is 0 Å². The SMILES string of the molecule is Cc1nc2c(C)cccn2c1[C@@H](Nc1ccc(Cl)cc1)c1ccccc1. The van der Waals surface area contributed by atoms with E-state index in [-0.39, 0.29) is 6.04 Å². The summed E-state index contributed by atoms with van der Waals surface area (Å²) in [5.41, 5.74) is 6.54. The third-order valence-electron chi connectivity index (χ3n) is 4.63. The molecule has 0 radical (unpaired) electrons. The van der Waals surface area contributed by atoms with Crippen LogP contribution >= 0.6 is 11.6 Å². The Morgan fingerprint density at radius 3 is 2.38 bits per heavy atom. The Balaban J connectivity index is 1.87.